The van der Waals surface area contributed by atoms with E-state index in [1.807, 2.05) is 18.2 Å². The number of hydrogen-bond acceptors (Lipinski definition) is 3. The van der Waals surface area contributed by atoms with Crippen LogP contribution < -0.4 is 0 Å². The van der Waals surface area contributed by atoms with Crippen molar-refractivity contribution in [2.45, 2.75) is 16.8 Å². The minimum absolute atomic E-state index is 0.0926. The van der Waals surface area contributed by atoms with Gasteiger partial charge in [-0.3, -0.25) is 0 Å². The molecule has 14 heavy (non-hydrogen) atoms. The van der Waals surface area contributed by atoms with Crippen molar-refractivity contribution in [3.63, 3.8) is 0 Å². The quantitative estimate of drug-likeness (QED) is 0.918. The smallest absolute Gasteiger partial charge is 0.0693 e. The molecule has 0 aliphatic carbocycles. The second kappa shape index (κ2) is 4.66. The van der Waals surface area contributed by atoms with Crippen LogP contribution in [0.1, 0.15) is 5.56 Å². The molecule has 76 valence electrons. The molecule has 1 aliphatic rings. The van der Waals surface area contributed by atoms with Crippen molar-refractivity contribution in [2.24, 2.45) is 0 Å². The van der Waals surface area contributed by atoms with Crippen molar-refractivity contribution in [3.8, 4) is 0 Å². The fourth-order valence-electron chi connectivity index (χ4n) is 1.25. The van der Waals surface area contributed by atoms with Gasteiger partial charge in [0.1, 0.15) is 0 Å². The van der Waals surface area contributed by atoms with Crippen LogP contribution >= 0.6 is 27.7 Å². The van der Waals surface area contributed by atoms with E-state index in [-0.39, 0.29) is 6.61 Å². The van der Waals surface area contributed by atoms with Gasteiger partial charge in [0.15, 0.2) is 0 Å². The molecule has 2 nitrogen and oxygen atoms in total. The second-order valence-corrected chi connectivity index (χ2v) is 5.45. The summed E-state index contributed by atoms with van der Waals surface area (Å²) < 4.78 is 6.12. The van der Waals surface area contributed by atoms with Gasteiger partial charge in [-0.2, -0.15) is 0 Å². The standard InChI is InChI=1S/C10H11BrO2S/c11-8-1-2-10(7(3-8)4-12)14-9-5-13-6-9/h1-3,9,12H,4-6H2. The third kappa shape index (κ3) is 2.31. The Morgan fingerprint density at radius 1 is 1.50 bits per heavy atom. The van der Waals surface area contributed by atoms with Gasteiger partial charge in [-0.25, -0.2) is 0 Å². The third-order valence-electron chi connectivity index (χ3n) is 2.09. The molecule has 1 aliphatic heterocycles. The zero-order chi connectivity index (χ0) is 9.97. The van der Waals surface area contributed by atoms with Crippen LogP contribution in [0.4, 0.5) is 0 Å². The van der Waals surface area contributed by atoms with Gasteiger partial charge in [-0.15, -0.1) is 11.8 Å². The summed E-state index contributed by atoms with van der Waals surface area (Å²) in [5, 5.41) is 9.74. The van der Waals surface area contributed by atoms with Gasteiger partial charge >= 0.3 is 0 Å². The van der Waals surface area contributed by atoms with E-state index in [4.69, 9.17) is 4.74 Å². The lowest BCUT2D eigenvalue weighted by atomic mass is 10.2. The lowest BCUT2D eigenvalue weighted by Crippen LogP contribution is -2.30. The molecule has 1 aromatic rings. The predicted molar refractivity (Wildman–Crippen MR) is 60.5 cm³/mol. The zero-order valence-corrected chi connectivity index (χ0v) is 9.97. The fourth-order valence-corrected chi connectivity index (χ4v) is 2.77. The van der Waals surface area contributed by atoms with E-state index >= 15 is 0 Å². The Hall–Kier alpha value is -0.0300. The van der Waals surface area contributed by atoms with Gasteiger partial charge in [0, 0.05) is 9.37 Å². The molecule has 0 bridgehead atoms. The molecule has 0 unspecified atom stereocenters. The molecule has 0 saturated carbocycles. The van der Waals surface area contributed by atoms with E-state index in [9.17, 15) is 5.11 Å². The number of hydrogen-bond donors (Lipinski definition) is 1. The first kappa shape index (κ1) is 10.5. The van der Waals surface area contributed by atoms with Gasteiger partial charge in [0.2, 0.25) is 0 Å². The Balaban J connectivity index is 2.14. The average Bonchev–Trinajstić information content (AvgIpc) is 2.13. The molecule has 1 fully saturated rings. The number of aliphatic hydroxyl groups is 1. The molecular formula is C10H11BrO2S. The van der Waals surface area contributed by atoms with Crippen molar-refractivity contribution in [1.29, 1.82) is 0 Å². The number of aliphatic hydroxyl groups excluding tert-OH is 1. The van der Waals surface area contributed by atoms with E-state index in [1.165, 1.54) is 0 Å². The molecule has 0 radical (unpaired) electrons. The number of benzene rings is 1. The van der Waals surface area contributed by atoms with Crippen molar-refractivity contribution < 1.29 is 9.84 Å². The van der Waals surface area contributed by atoms with Gasteiger partial charge in [0.05, 0.1) is 25.1 Å². The highest BCUT2D eigenvalue weighted by atomic mass is 79.9. The van der Waals surface area contributed by atoms with Gasteiger partial charge in [-0.05, 0) is 23.8 Å². The molecule has 4 heteroatoms. The van der Waals surface area contributed by atoms with Gasteiger partial charge in [0.25, 0.3) is 0 Å². The molecule has 0 atom stereocenters. The molecular weight excluding hydrogens is 264 g/mol. The first-order chi connectivity index (χ1) is 6.79. The van der Waals surface area contributed by atoms with Crippen LogP contribution in [0.25, 0.3) is 0 Å². The van der Waals surface area contributed by atoms with E-state index in [0.29, 0.717) is 5.25 Å². The Morgan fingerprint density at radius 2 is 2.29 bits per heavy atom. The highest BCUT2D eigenvalue weighted by molar-refractivity contribution is 9.10. The number of halogens is 1. The van der Waals surface area contributed by atoms with Gasteiger partial charge < -0.3 is 9.84 Å². The number of ether oxygens (including phenoxy) is 1. The van der Waals surface area contributed by atoms with Crippen LogP contribution in [0.5, 0.6) is 0 Å². The fraction of sp³-hybridized carbons (Fsp3) is 0.400. The zero-order valence-electron chi connectivity index (χ0n) is 7.57. The molecule has 0 amide bonds. The highest BCUT2D eigenvalue weighted by Crippen LogP contribution is 2.32. The van der Waals surface area contributed by atoms with Gasteiger partial charge in [-0.1, -0.05) is 15.9 Å². The largest absolute Gasteiger partial charge is 0.392 e. The first-order valence-electron chi connectivity index (χ1n) is 4.43. The first-order valence-corrected chi connectivity index (χ1v) is 6.10. The molecule has 1 saturated heterocycles. The van der Waals surface area contributed by atoms with Crippen LogP contribution in [-0.2, 0) is 11.3 Å². The van der Waals surface area contributed by atoms with Crippen LogP contribution in [0.15, 0.2) is 27.6 Å². The van der Waals surface area contributed by atoms with Crippen molar-refractivity contribution in [1.82, 2.24) is 0 Å². The third-order valence-corrected chi connectivity index (χ3v) is 3.84. The Morgan fingerprint density at radius 3 is 2.86 bits per heavy atom. The minimum atomic E-state index is 0.0926. The molecule has 0 aromatic heterocycles. The summed E-state index contributed by atoms with van der Waals surface area (Å²) in [5.74, 6) is 0. The molecule has 1 heterocycles. The predicted octanol–water partition coefficient (Wildman–Crippen LogP) is 2.43. The summed E-state index contributed by atoms with van der Waals surface area (Å²) >= 11 is 5.17. The molecule has 1 aromatic carbocycles. The lowest BCUT2D eigenvalue weighted by molar-refractivity contribution is 0.0455. The van der Waals surface area contributed by atoms with E-state index in [1.54, 1.807) is 11.8 Å². The lowest BCUT2D eigenvalue weighted by Gasteiger charge is -2.25. The normalized spacial score (nSPS) is 16.7. The van der Waals surface area contributed by atoms with Crippen molar-refractivity contribution >= 4 is 27.7 Å². The van der Waals surface area contributed by atoms with E-state index < -0.39 is 0 Å². The van der Waals surface area contributed by atoms with E-state index in [2.05, 4.69) is 15.9 Å². The summed E-state index contributed by atoms with van der Waals surface area (Å²) in [6.07, 6.45) is 0. The average molecular weight is 275 g/mol. The minimum Gasteiger partial charge on any atom is -0.392 e. The molecule has 0 spiro atoms. The maximum Gasteiger partial charge on any atom is 0.0693 e. The summed E-state index contributed by atoms with van der Waals surface area (Å²) in [5.41, 5.74) is 0.983. The monoisotopic (exact) mass is 274 g/mol. The Kier molecular flexibility index (Phi) is 3.49. The van der Waals surface area contributed by atoms with Crippen molar-refractivity contribution in [2.75, 3.05) is 13.2 Å². The SMILES string of the molecule is OCc1cc(Br)ccc1SC1COC1. The molecule has 1 N–H and O–H groups in total. The maximum absolute atomic E-state index is 9.18. The highest BCUT2D eigenvalue weighted by Gasteiger charge is 2.20. The van der Waals surface area contributed by atoms with Crippen LogP contribution in [0.2, 0.25) is 0 Å². The van der Waals surface area contributed by atoms with Crippen LogP contribution in [-0.4, -0.2) is 23.6 Å². The van der Waals surface area contributed by atoms with Crippen LogP contribution in [0, 0.1) is 0 Å². The Labute approximate surface area is 95.8 Å². The number of thioether (sulfide) groups is 1. The summed E-state index contributed by atoms with van der Waals surface area (Å²) in [4.78, 5) is 1.16. The number of rotatable bonds is 3. The molecule has 2 rings (SSSR count). The summed E-state index contributed by atoms with van der Waals surface area (Å²) in [6, 6.07) is 6.00. The topological polar surface area (TPSA) is 29.5 Å². The maximum atomic E-state index is 9.18. The summed E-state index contributed by atoms with van der Waals surface area (Å²) in [6.45, 7) is 1.74. The second-order valence-electron chi connectivity index (χ2n) is 3.19. The van der Waals surface area contributed by atoms with Crippen molar-refractivity contribution in [3.05, 3.63) is 28.2 Å². The van der Waals surface area contributed by atoms with E-state index in [0.717, 1.165) is 28.1 Å². The summed E-state index contributed by atoms with van der Waals surface area (Å²) in [7, 11) is 0. The van der Waals surface area contributed by atoms with Crippen LogP contribution in [0.3, 0.4) is 0 Å². The Bertz CT molecular complexity index is 326.